The minimum absolute atomic E-state index is 0.0188. The molecule has 0 unspecified atom stereocenters. The lowest BCUT2D eigenvalue weighted by atomic mass is 10.1. The quantitative estimate of drug-likeness (QED) is 0.557. The minimum atomic E-state index is -0.644. The summed E-state index contributed by atoms with van der Waals surface area (Å²) in [5.41, 5.74) is -1.26. The molecule has 8 heteroatoms. The second-order valence-electron chi connectivity index (χ2n) is 8.03. The number of hydrogen-bond donors (Lipinski definition) is 0. The zero-order chi connectivity index (χ0) is 19.4. The number of carbonyl (C=O) groups is 3. The van der Waals surface area contributed by atoms with Crippen molar-refractivity contribution in [3.8, 4) is 0 Å². The highest BCUT2D eigenvalue weighted by molar-refractivity contribution is 5.74. The van der Waals surface area contributed by atoms with Gasteiger partial charge in [0.25, 0.3) is 0 Å². The second kappa shape index (κ2) is 7.93. The average molecular weight is 358 g/mol. The smallest absolute Gasteiger partial charge is 0.410 e. The van der Waals surface area contributed by atoms with Crippen molar-refractivity contribution >= 4 is 18.2 Å². The Morgan fingerprint density at radius 1 is 0.920 bits per heavy atom. The molecule has 0 N–H and O–H groups in total. The predicted molar refractivity (Wildman–Crippen MR) is 91.2 cm³/mol. The van der Waals surface area contributed by atoms with E-state index in [-0.39, 0.29) is 19.5 Å². The molecule has 144 valence electrons. The van der Waals surface area contributed by atoms with Crippen LogP contribution in [0.15, 0.2) is 0 Å². The fraction of sp³-hybridized carbons (Fsp3) is 0.824. The molecule has 25 heavy (non-hydrogen) atoms. The van der Waals surface area contributed by atoms with E-state index >= 15 is 0 Å². The summed E-state index contributed by atoms with van der Waals surface area (Å²) >= 11 is 0. The van der Waals surface area contributed by atoms with Crippen LogP contribution in [0.1, 0.15) is 48.0 Å². The van der Waals surface area contributed by atoms with Gasteiger partial charge in [-0.15, -0.1) is 0 Å². The summed E-state index contributed by atoms with van der Waals surface area (Å²) in [7, 11) is 1.29. The highest BCUT2D eigenvalue weighted by Gasteiger charge is 2.37. The van der Waals surface area contributed by atoms with Crippen molar-refractivity contribution < 1.29 is 28.6 Å². The van der Waals surface area contributed by atoms with E-state index in [1.165, 1.54) is 16.9 Å². The topological polar surface area (TPSA) is 85.4 Å². The monoisotopic (exact) mass is 358 g/mol. The normalized spacial score (nSPS) is 18.6. The third kappa shape index (κ3) is 7.19. The molecule has 2 amide bonds. The maximum absolute atomic E-state index is 12.4. The number of amides is 2. The molecular formula is C17H30N2O6. The Labute approximate surface area is 149 Å². The van der Waals surface area contributed by atoms with Gasteiger partial charge in [-0.3, -0.25) is 4.79 Å². The SMILES string of the molecule is COC(=O)C[C@@H]1CN(C(=O)OC(C)(C)C)CCN1C(=O)OC(C)(C)C. The van der Waals surface area contributed by atoms with E-state index in [9.17, 15) is 14.4 Å². The molecule has 1 rings (SSSR count). The van der Waals surface area contributed by atoms with Crippen molar-refractivity contribution in [2.75, 3.05) is 26.7 Å². The van der Waals surface area contributed by atoms with Crippen LogP contribution in [0, 0.1) is 0 Å². The van der Waals surface area contributed by atoms with Gasteiger partial charge in [-0.2, -0.15) is 0 Å². The van der Waals surface area contributed by atoms with Crippen molar-refractivity contribution in [1.82, 2.24) is 9.80 Å². The van der Waals surface area contributed by atoms with Crippen LogP contribution in [-0.4, -0.2) is 71.9 Å². The molecule has 0 aromatic rings. The Balaban J connectivity index is 2.86. The molecule has 0 aromatic heterocycles. The molecule has 0 aromatic carbocycles. The minimum Gasteiger partial charge on any atom is -0.469 e. The standard InChI is InChI=1S/C17H30N2O6/c1-16(2,3)24-14(21)18-8-9-19(15(22)25-17(4,5)6)12(11-18)10-13(20)23-7/h12H,8-11H2,1-7H3/t12-/m1/s1. The predicted octanol–water partition coefficient (Wildman–Crippen LogP) is 2.41. The number of nitrogens with zero attached hydrogens (tertiary/aromatic N) is 2. The zero-order valence-corrected chi connectivity index (χ0v) is 16.2. The third-order valence-electron chi connectivity index (χ3n) is 3.39. The summed E-state index contributed by atoms with van der Waals surface area (Å²) < 4.78 is 15.5. The number of piperazine rings is 1. The van der Waals surface area contributed by atoms with Gasteiger partial charge in [0.1, 0.15) is 11.2 Å². The maximum Gasteiger partial charge on any atom is 0.410 e. The number of ether oxygens (including phenoxy) is 3. The van der Waals surface area contributed by atoms with Gasteiger partial charge < -0.3 is 24.0 Å². The molecule has 1 saturated heterocycles. The summed E-state index contributed by atoms with van der Waals surface area (Å²) in [6, 6.07) is -0.524. The largest absolute Gasteiger partial charge is 0.469 e. The van der Waals surface area contributed by atoms with Crippen molar-refractivity contribution in [1.29, 1.82) is 0 Å². The summed E-state index contributed by atoms with van der Waals surface area (Å²) in [6.07, 6.45) is -0.994. The van der Waals surface area contributed by atoms with Gasteiger partial charge in [-0.05, 0) is 41.5 Å². The van der Waals surface area contributed by atoms with Gasteiger partial charge in [-0.1, -0.05) is 0 Å². The third-order valence-corrected chi connectivity index (χ3v) is 3.39. The van der Waals surface area contributed by atoms with Gasteiger partial charge in [-0.25, -0.2) is 9.59 Å². The van der Waals surface area contributed by atoms with Crippen LogP contribution in [0.25, 0.3) is 0 Å². The Hall–Kier alpha value is -1.99. The Morgan fingerprint density at radius 3 is 1.92 bits per heavy atom. The zero-order valence-electron chi connectivity index (χ0n) is 16.2. The summed E-state index contributed by atoms with van der Waals surface area (Å²) in [4.78, 5) is 39.4. The van der Waals surface area contributed by atoms with E-state index in [0.717, 1.165) is 0 Å². The number of carbonyl (C=O) groups excluding carboxylic acids is 3. The maximum atomic E-state index is 12.4. The van der Waals surface area contributed by atoms with Crippen LogP contribution in [0.5, 0.6) is 0 Å². The lowest BCUT2D eigenvalue weighted by molar-refractivity contribution is -0.142. The molecule has 8 nitrogen and oxygen atoms in total. The summed E-state index contributed by atoms with van der Waals surface area (Å²) in [6.45, 7) is 11.4. The van der Waals surface area contributed by atoms with Crippen LogP contribution in [-0.2, 0) is 19.0 Å². The lowest BCUT2D eigenvalue weighted by Gasteiger charge is -2.41. The van der Waals surface area contributed by atoms with Crippen LogP contribution in [0.4, 0.5) is 9.59 Å². The molecule has 1 heterocycles. The first-order valence-electron chi connectivity index (χ1n) is 8.37. The van der Waals surface area contributed by atoms with Crippen LogP contribution in [0.3, 0.4) is 0 Å². The van der Waals surface area contributed by atoms with E-state index in [4.69, 9.17) is 14.2 Å². The first-order valence-corrected chi connectivity index (χ1v) is 8.37. The van der Waals surface area contributed by atoms with Gasteiger partial charge in [0.15, 0.2) is 0 Å². The molecule has 1 fully saturated rings. The van der Waals surface area contributed by atoms with E-state index in [0.29, 0.717) is 6.54 Å². The van der Waals surface area contributed by atoms with Gasteiger partial charge in [0, 0.05) is 19.6 Å². The Bertz CT molecular complexity index is 506. The second-order valence-corrected chi connectivity index (χ2v) is 8.03. The molecule has 0 saturated carbocycles. The lowest BCUT2D eigenvalue weighted by Crippen LogP contribution is -2.58. The van der Waals surface area contributed by atoms with Crippen molar-refractivity contribution in [2.45, 2.75) is 65.2 Å². The van der Waals surface area contributed by atoms with Crippen LogP contribution in [0.2, 0.25) is 0 Å². The summed E-state index contributed by atoms with van der Waals surface area (Å²) in [5.74, 6) is -0.454. The highest BCUT2D eigenvalue weighted by Crippen LogP contribution is 2.20. The molecule has 0 bridgehead atoms. The fourth-order valence-corrected chi connectivity index (χ4v) is 2.36. The molecule has 0 spiro atoms. The first-order chi connectivity index (χ1) is 11.3. The van der Waals surface area contributed by atoms with Crippen molar-refractivity contribution in [3.05, 3.63) is 0 Å². The van der Waals surface area contributed by atoms with E-state index in [1.54, 1.807) is 41.5 Å². The molecule has 1 aliphatic rings. The number of rotatable bonds is 2. The van der Waals surface area contributed by atoms with Gasteiger partial charge in [0.05, 0.1) is 19.6 Å². The average Bonchev–Trinajstić information content (AvgIpc) is 2.43. The van der Waals surface area contributed by atoms with E-state index < -0.39 is 35.4 Å². The van der Waals surface area contributed by atoms with E-state index in [1.807, 2.05) is 0 Å². The van der Waals surface area contributed by atoms with Crippen LogP contribution >= 0.6 is 0 Å². The summed E-state index contributed by atoms with van der Waals surface area (Å²) in [5, 5.41) is 0. The number of methoxy groups -OCH3 is 1. The molecular weight excluding hydrogens is 328 g/mol. The van der Waals surface area contributed by atoms with Crippen molar-refractivity contribution in [2.24, 2.45) is 0 Å². The molecule has 0 aliphatic carbocycles. The molecule has 1 aliphatic heterocycles. The Morgan fingerprint density at radius 2 is 1.44 bits per heavy atom. The first kappa shape index (κ1) is 21.1. The number of hydrogen-bond acceptors (Lipinski definition) is 6. The molecule has 0 radical (unpaired) electrons. The fourth-order valence-electron chi connectivity index (χ4n) is 2.36. The Kier molecular flexibility index (Phi) is 6.68. The molecule has 1 atom stereocenters. The van der Waals surface area contributed by atoms with Crippen LogP contribution < -0.4 is 0 Å². The highest BCUT2D eigenvalue weighted by atomic mass is 16.6. The van der Waals surface area contributed by atoms with Gasteiger partial charge in [0.2, 0.25) is 0 Å². The van der Waals surface area contributed by atoms with Crippen molar-refractivity contribution in [3.63, 3.8) is 0 Å². The van der Waals surface area contributed by atoms with Gasteiger partial charge >= 0.3 is 18.2 Å². The number of esters is 1. The van der Waals surface area contributed by atoms with E-state index in [2.05, 4.69) is 0 Å².